The van der Waals surface area contributed by atoms with Gasteiger partial charge < -0.3 is 15.4 Å². The first kappa shape index (κ1) is 15.2. The third kappa shape index (κ3) is 3.49. The summed E-state index contributed by atoms with van der Waals surface area (Å²) in [6.45, 7) is 2.28. The highest BCUT2D eigenvalue weighted by atomic mass is 16.6. The van der Waals surface area contributed by atoms with Crippen LogP contribution < -0.4 is 10.6 Å². The molecule has 1 aliphatic rings. The summed E-state index contributed by atoms with van der Waals surface area (Å²) >= 11 is 0. The van der Waals surface area contributed by atoms with Gasteiger partial charge in [0.25, 0.3) is 11.6 Å². The van der Waals surface area contributed by atoms with Gasteiger partial charge in [-0.3, -0.25) is 14.9 Å². The van der Waals surface area contributed by atoms with E-state index in [0.717, 1.165) is 12.8 Å². The average molecular weight is 293 g/mol. The standard InChI is InChI=1S/C14H19N3O4/c1-3-15-14(18)9-4-5-12(13(6-9)17(19)20)16-10-7-11(8-10)21-2/h4-6,10-11,16H,3,7-8H2,1-2H3,(H,15,18). The number of amides is 1. The minimum atomic E-state index is -0.475. The molecule has 0 heterocycles. The fraction of sp³-hybridized carbons (Fsp3) is 0.500. The Morgan fingerprint density at radius 3 is 2.76 bits per heavy atom. The van der Waals surface area contributed by atoms with Crippen molar-refractivity contribution in [2.45, 2.75) is 31.9 Å². The van der Waals surface area contributed by atoms with E-state index in [4.69, 9.17) is 4.74 Å². The quantitative estimate of drug-likeness (QED) is 0.617. The number of hydrogen-bond donors (Lipinski definition) is 2. The molecule has 0 aromatic heterocycles. The fourth-order valence-electron chi connectivity index (χ4n) is 2.30. The summed E-state index contributed by atoms with van der Waals surface area (Å²) in [7, 11) is 1.66. The van der Waals surface area contributed by atoms with E-state index < -0.39 is 4.92 Å². The second kappa shape index (κ2) is 6.53. The SMILES string of the molecule is CCNC(=O)c1ccc(NC2CC(OC)C2)c([N+](=O)[O-])c1. The summed E-state index contributed by atoms with van der Waals surface area (Å²) in [6.07, 6.45) is 1.87. The molecule has 114 valence electrons. The number of ether oxygens (including phenoxy) is 1. The number of nitrogens with one attached hydrogen (secondary N) is 2. The molecule has 0 unspecified atom stereocenters. The number of nitrogens with zero attached hydrogens (tertiary/aromatic N) is 1. The molecule has 2 N–H and O–H groups in total. The van der Waals surface area contributed by atoms with E-state index in [0.29, 0.717) is 12.2 Å². The Kier molecular flexibility index (Phi) is 4.74. The molecule has 0 spiro atoms. The zero-order valence-electron chi connectivity index (χ0n) is 12.1. The Morgan fingerprint density at radius 1 is 1.48 bits per heavy atom. The molecule has 21 heavy (non-hydrogen) atoms. The predicted molar refractivity (Wildman–Crippen MR) is 78.5 cm³/mol. The number of anilines is 1. The van der Waals surface area contributed by atoms with Crippen molar-refractivity contribution in [3.05, 3.63) is 33.9 Å². The summed E-state index contributed by atoms with van der Waals surface area (Å²) in [5.74, 6) is -0.310. The Labute approximate surface area is 122 Å². The zero-order chi connectivity index (χ0) is 15.4. The van der Waals surface area contributed by atoms with E-state index in [1.54, 1.807) is 26.2 Å². The maximum Gasteiger partial charge on any atom is 0.293 e. The maximum absolute atomic E-state index is 11.7. The van der Waals surface area contributed by atoms with Gasteiger partial charge in [0.1, 0.15) is 5.69 Å². The number of hydrogen-bond acceptors (Lipinski definition) is 5. The lowest BCUT2D eigenvalue weighted by Crippen LogP contribution is -2.40. The van der Waals surface area contributed by atoms with Gasteiger partial charge in [-0.15, -0.1) is 0 Å². The Bertz CT molecular complexity index is 541. The Balaban J connectivity index is 2.14. The summed E-state index contributed by atoms with van der Waals surface area (Å²) in [5.41, 5.74) is 0.643. The molecule has 1 aliphatic carbocycles. The monoisotopic (exact) mass is 293 g/mol. The van der Waals surface area contributed by atoms with Crippen LogP contribution in [0.4, 0.5) is 11.4 Å². The maximum atomic E-state index is 11.7. The van der Waals surface area contributed by atoms with Crippen molar-refractivity contribution in [1.29, 1.82) is 0 Å². The van der Waals surface area contributed by atoms with Gasteiger partial charge in [0.2, 0.25) is 0 Å². The Morgan fingerprint density at radius 2 is 2.19 bits per heavy atom. The highest BCUT2D eigenvalue weighted by Crippen LogP contribution is 2.31. The highest BCUT2D eigenvalue weighted by Gasteiger charge is 2.30. The number of carbonyl (C=O) groups excluding carboxylic acids is 1. The van der Waals surface area contributed by atoms with Gasteiger partial charge in [0, 0.05) is 31.3 Å². The van der Waals surface area contributed by atoms with Crippen molar-refractivity contribution in [2.75, 3.05) is 19.0 Å². The van der Waals surface area contributed by atoms with E-state index in [9.17, 15) is 14.9 Å². The molecule has 1 aromatic carbocycles. The van der Waals surface area contributed by atoms with E-state index in [2.05, 4.69) is 10.6 Å². The molecular formula is C14H19N3O4. The van der Waals surface area contributed by atoms with Crippen molar-refractivity contribution < 1.29 is 14.5 Å². The normalized spacial score (nSPS) is 20.5. The predicted octanol–water partition coefficient (Wildman–Crippen LogP) is 1.93. The molecule has 1 saturated carbocycles. The van der Waals surface area contributed by atoms with Crippen molar-refractivity contribution in [3.63, 3.8) is 0 Å². The van der Waals surface area contributed by atoms with Crippen LogP contribution in [0.2, 0.25) is 0 Å². The molecule has 1 fully saturated rings. The van der Waals surface area contributed by atoms with Gasteiger partial charge in [-0.25, -0.2) is 0 Å². The van der Waals surface area contributed by atoms with E-state index in [1.165, 1.54) is 6.07 Å². The lowest BCUT2D eigenvalue weighted by Gasteiger charge is -2.35. The number of benzene rings is 1. The van der Waals surface area contributed by atoms with Crippen LogP contribution >= 0.6 is 0 Å². The van der Waals surface area contributed by atoms with Gasteiger partial charge in [0.05, 0.1) is 11.0 Å². The molecular weight excluding hydrogens is 274 g/mol. The Hall–Kier alpha value is -2.15. The zero-order valence-corrected chi connectivity index (χ0v) is 12.1. The van der Waals surface area contributed by atoms with Gasteiger partial charge >= 0.3 is 0 Å². The molecule has 0 bridgehead atoms. The van der Waals surface area contributed by atoms with Crippen LogP contribution in [0.3, 0.4) is 0 Å². The number of nitro groups is 1. The molecule has 1 amide bonds. The van der Waals surface area contributed by atoms with Crippen molar-refractivity contribution >= 4 is 17.3 Å². The van der Waals surface area contributed by atoms with Crippen molar-refractivity contribution in [1.82, 2.24) is 5.32 Å². The first-order valence-corrected chi connectivity index (χ1v) is 6.91. The third-order valence-electron chi connectivity index (χ3n) is 3.58. The van der Waals surface area contributed by atoms with Crippen LogP contribution in [0.15, 0.2) is 18.2 Å². The first-order chi connectivity index (χ1) is 10.0. The largest absolute Gasteiger partial charge is 0.381 e. The van der Waals surface area contributed by atoms with Gasteiger partial charge in [0.15, 0.2) is 0 Å². The lowest BCUT2D eigenvalue weighted by molar-refractivity contribution is -0.384. The summed E-state index contributed by atoms with van der Waals surface area (Å²) < 4.78 is 5.18. The highest BCUT2D eigenvalue weighted by molar-refractivity contribution is 5.95. The van der Waals surface area contributed by atoms with E-state index in [-0.39, 0.29) is 29.3 Å². The molecule has 7 nitrogen and oxygen atoms in total. The van der Waals surface area contributed by atoms with Crippen LogP contribution in [0.1, 0.15) is 30.1 Å². The van der Waals surface area contributed by atoms with Crippen LogP contribution in [-0.2, 0) is 4.74 Å². The number of carbonyl (C=O) groups is 1. The molecule has 0 radical (unpaired) electrons. The molecule has 0 saturated heterocycles. The van der Waals surface area contributed by atoms with Crippen LogP contribution in [0, 0.1) is 10.1 Å². The smallest absolute Gasteiger partial charge is 0.293 e. The molecule has 0 aliphatic heterocycles. The summed E-state index contributed by atoms with van der Waals surface area (Å²) in [5, 5.41) is 16.9. The van der Waals surface area contributed by atoms with Crippen LogP contribution in [0.5, 0.6) is 0 Å². The molecule has 0 atom stereocenters. The number of nitro benzene ring substituents is 1. The van der Waals surface area contributed by atoms with Crippen LogP contribution in [0.25, 0.3) is 0 Å². The van der Waals surface area contributed by atoms with Gasteiger partial charge in [-0.2, -0.15) is 0 Å². The van der Waals surface area contributed by atoms with E-state index >= 15 is 0 Å². The second-order valence-corrected chi connectivity index (χ2v) is 5.02. The van der Waals surface area contributed by atoms with Gasteiger partial charge in [-0.1, -0.05) is 0 Å². The number of methoxy groups -OCH3 is 1. The minimum absolute atomic E-state index is 0.0837. The number of rotatable bonds is 6. The molecule has 7 heteroatoms. The average Bonchev–Trinajstić information content (AvgIpc) is 2.42. The van der Waals surface area contributed by atoms with Crippen molar-refractivity contribution in [3.8, 4) is 0 Å². The van der Waals surface area contributed by atoms with Crippen molar-refractivity contribution in [2.24, 2.45) is 0 Å². The first-order valence-electron chi connectivity index (χ1n) is 6.91. The fourth-order valence-corrected chi connectivity index (χ4v) is 2.30. The minimum Gasteiger partial charge on any atom is -0.381 e. The third-order valence-corrected chi connectivity index (χ3v) is 3.58. The summed E-state index contributed by atoms with van der Waals surface area (Å²) in [4.78, 5) is 22.4. The second-order valence-electron chi connectivity index (χ2n) is 5.02. The topological polar surface area (TPSA) is 93.5 Å². The summed E-state index contributed by atoms with van der Waals surface area (Å²) in [6, 6.07) is 4.65. The van der Waals surface area contributed by atoms with E-state index in [1.807, 2.05) is 0 Å². The molecule has 1 aromatic rings. The van der Waals surface area contributed by atoms with Gasteiger partial charge in [-0.05, 0) is 31.9 Å². The lowest BCUT2D eigenvalue weighted by atomic mass is 9.89. The van der Waals surface area contributed by atoms with Crippen LogP contribution in [-0.4, -0.2) is 36.6 Å². The molecule has 2 rings (SSSR count).